The van der Waals surface area contributed by atoms with Crippen molar-refractivity contribution in [2.45, 2.75) is 25.4 Å². The van der Waals surface area contributed by atoms with Crippen LogP contribution in [0.15, 0.2) is 24.3 Å². The molecule has 2 heterocycles. The van der Waals surface area contributed by atoms with Crippen molar-refractivity contribution in [2.75, 3.05) is 0 Å². The van der Waals surface area contributed by atoms with E-state index in [9.17, 15) is 0 Å². The first-order chi connectivity index (χ1) is 7.24. The maximum Gasteiger partial charge on any atom is 0.0497 e. The number of halogens is 1. The lowest BCUT2D eigenvalue weighted by Crippen LogP contribution is -2.31. The number of aryl methyl sites for hydroxylation is 1. The minimum Gasteiger partial charge on any atom is -0.343 e. The molecule has 1 aliphatic rings. The Labute approximate surface area is 93.6 Å². The number of nitrogens with two attached hydrogens (primary N) is 1. The van der Waals surface area contributed by atoms with Crippen molar-refractivity contribution in [1.29, 1.82) is 0 Å². The lowest BCUT2D eigenvalue weighted by molar-refractivity contribution is 0.470. The topological polar surface area (TPSA) is 30.9 Å². The van der Waals surface area contributed by atoms with E-state index in [0.29, 0.717) is 0 Å². The number of hydrogen-bond acceptors (Lipinski definition) is 1. The number of rotatable bonds is 0. The van der Waals surface area contributed by atoms with Crippen LogP contribution >= 0.6 is 11.6 Å². The van der Waals surface area contributed by atoms with Crippen molar-refractivity contribution in [3.05, 3.63) is 35.0 Å². The molecule has 0 aliphatic carbocycles. The van der Waals surface area contributed by atoms with Crippen molar-refractivity contribution in [1.82, 2.24) is 4.57 Å². The predicted molar refractivity (Wildman–Crippen MR) is 63.2 cm³/mol. The highest BCUT2D eigenvalue weighted by Gasteiger charge is 2.17. The van der Waals surface area contributed by atoms with Crippen LogP contribution in [0.5, 0.6) is 0 Å². The SMILES string of the molecule is NC1CCc2cc3ccc(Cl)cc3n2C1. The Morgan fingerprint density at radius 1 is 1.33 bits per heavy atom. The zero-order chi connectivity index (χ0) is 10.4. The maximum absolute atomic E-state index is 6.01. The number of fused-ring (bicyclic) bond motifs is 3. The van der Waals surface area contributed by atoms with E-state index in [2.05, 4.69) is 16.7 Å². The molecule has 3 rings (SSSR count). The van der Waals surface area contributed by atoms with Crippen LogP contribution in [0.2, 0.25) is 5.02 Å². The van der Waals surface area contributed by atoms with E-state index in [1.165, 1.54) is 16.6 Å². The summed E-state index contributed by atoms with van der Waals surface area (Å²) in [5.74, 6) is 0. The van der Waals surface area contributed by atoms with Gasteiger partial charge in [-0.15, -0.1) is 0 Å². The summed E-state index contributed by atoms with van der Waals surface area (Å²) in [5.41, 5.74) is 8.58. The highest BCUT2D eigenvalue weighted by molar-refractivity contribution is 6.31. The molecule has 0 fully saturated rings. The molecule has 1 aromatic carbocycles. The van der Waals surface area contributed by atoms with E-state index in [-0.39, 0.29) is 6.04 Å². The third-order valence-electron chi connectivity index (χ3n) is 3.14. The summed E-state index contributed by atoms with van der Waals surface area (Å²) in [7, 11) is 0. The molecule has 0 amide bonds. The minimum atomic E-state index is 0.284. The first-order valence-corrected chi connectivity index (χ1v) is 5.65. The molecule has 1 atom stereocenters. The number of aromatic nitrogens is 1. The van der Waals surface area contributed by atoms with E-state index in [0.717, 1.165) is 24.4 Å². The molecule has 0 saturated carbocycles. The molecule has 1 aromatic heterocycles. The van der Waals surface area contributed by atoms with Crippen LogP contribution in [0.3, 0.4) is 0 Å². The van der Waals surface area contributed by atoms with Crippen molar-refractivity contribution in [2.24, 2.45) is 5.73 Å². The van der Waals surface area contributed by atoms with Gasteiger partial charge in [-0.05, 0) is 36.4 Å². The Balaban J connectivity index is 2.25. The monoisotopic (exact) mass is 220 g/mol. The highest BCUT2D eigenvalue weighted by Crippen LogP contribution is 2.27. The second-order valence-electron chi connectivity index (χ2n) is 4.25. The molecule has 1 unspecified atom stereocenters. The van der Waals surface area contributed by atoms with Crippen molar-refractivity contribution < 1.29 is 0 Å². The van der Waals surface area contributed by atoms with E-state index in [4.69, 9.17) is 17.3 Å². The fraction of sp³-hybridized carbons (Fsp3) is 0.333. The summed E-state index contributed by atoms with van der Waals surface area (Å²) in [4.78, 5) is 0. The second-order valence-corrected chi connectivity index (χ2v) is 4.68. The Bertz CT molecular complexity index is 516. The summed E-state index contributed by atoms with van der Waals surface area (Å²) in [6.07, 6.45) is 2.16. The normalized spacial score (nSPS) is 20.5. The molecule has 2 nitrogen and oxygen atoms in total. The maximum atomic E-state index is 6.01. The van der Waals surface area contributed by atoms with Crippen LogP contribution < -0.4 is 5.73 Å². The van der Waals surface area contributed by atoms with Crippen LogP contribution in [0.1, 0.15) is 12.1 Å². The molecule has 78 valence electrons. The third kappa shape index (κ3) is 1.45. The fourth-order valence-electron chi connectivity index (χ4n) is 2.37. The number of nitrogens with zero attached hydrogens (tertiary/aromatic N) is 1. The summed E-state index contributed by atoms with van der Waals surface area (Å²) in [6.45, 7) is 0.916. The van der Waals surface area contributed by atoms with Gasteiger partial charge in [-0.25, -0.2) is 0 Å². The van der Waals surface area contributed by atoms with Gasteiger partial charge in [0.15, 0.2) is 0 Å². The van der Waals surface area contributed by atoms with Gasteiger partial charge in [-0.2, -0.15) is 0 Å². The minimum absolute atomic E-state index is 0.284. The molecule has 0 radical (unpaired) electrons. The molecule has 0 saturated heterocycles. The average Bonchev–Trinajstić information content (AvgIpc) is 2.56. The molecule has 15 heavy (non-hydrogen) atoms. The largest absolute Gasteiger partial charge is 0.343 e. The molecule has 3 heteroatoms. The zero-order valence-electron chi connectivity index (χ0n) is 8.41. The van der Waals surface area contributed by atoms with Gasteiger partial charge in [0.2, 0.25) is 0 Å². The molecular weight excluding hydrogens is 208 g/mol. The number of hydrogen-bond donors (Lipinski definition) is 1. The van der Waals surface area contributed by atoms with Crippen LogP contribution in [-0.2, 0) is 13.0 Å². The first kappa shape index (κ1) is 9.25. The summed E-state index contributed by atoms with van der Waals surface area (Å²) in [6, 6.07) is 8.58. The van der Waals surface area contributed by atoms with Gasteiger partial charge in [0, 0.05) is 28.8 Å². The van der Waals surface area contributed by atoms with E-state index >= 15 is 0 Å². The smallest absolute Gasteiger partial charge is 0.0497 e. The van der Waals surface area contributed by atoms with Gasteiger partial charge in [0.1, 0.15) is 0 Å². The third-order valence-corrected chi connectivity index (χ3v) is 3.38. The van der Waals surface area contributed by atoms with E-state index in [1.54, 1.807) is 0 Å². The summed E-state index contributed by atoms with van der Waals surface area (Å²) >= 11 is 6.01. The van der Waals surface area contributed by atoms with Gasteiger partial charge < -0.3 is 10.3 Å². The molecule has 0 bridgehead atoms. The second kappa shape index (κ2) is 3.26. The van der Waals surface area contributed by atoms with E-state index in [1.807, 2.05) is 12.1 Å². The Hall–Kier alpha value is -0.990. The van der Waals surface area contributed by atoms with Gasteiger partial charge in [-0.1, -0.05) is 17.7 Å². The fourth-order valence-corrected chi connectivity index (χ4v) is 2.53. The van der Waals surface area contributed by atoms with Gasteiger partial charge in [0.05, 0.1) is 0 Å². The lowest BCUT2D eigenvalue weighted by Gasteiger charge is -2.21. The molecule has 2 N–H and O–H groups in total. The number of benzene rings is 1. The molecule has 0 spiro atoms. The van der Waals surface area contributed by atoms with Gasteiger partial charge in [-0.3, -0.25) is 0 Å². The quantitative estimate of drug-likeness (QED) is 0.727. The van der Waals surface area contributed by atoms with E-state index < -0.39 is 0 Å². The van der Waals surface area contributed by atoms with Gasteiger partial charge in [0.25, 0.3) is 0 Å². The van der Waals surface area contributed by atoms with Crippen LogP contribution in [0.4, 0.5) is 0 Å². The molecular formula is C12H13ClN2. The van der Waals surface area contributed by atoms with Crippen LogP contribution in [0, 0.1) is 0 Å². The van der Waals surface area contributed by atoms with Gasteiger partial charge >= 0.3 is 0 Å². The van der Waals surface area contributed by atoms with Crippen molar-refractivity contribution in [3.63, 3.8) is 0 Å². The van der Waals surface area contributed by atoms with Crippen molar-refractivity contribution in [3.8, 4) is 0 Å². The van der Waals surface area contributed by atoms with Crippen molar-refractivity contribution >= 4 is 22.5 Å². The standard InChI is InChI=1S/C12H13ClN2/c13-9-2-1-8-5-11-4-3-10(14)7-15(11)12(8)6-9/h1-2,5-6,10H,3-4,7,14H2. The molecule has 1 aliphatic heterocycles. The van der Waals surface area contributed by atoms with Crippen LogP contribution in [-0.4, -0.2) is 10.6 Å². The lowest BCUT2D eigenvalue weighted by atomic mass is 10.1. The average molecular weight is 221 g/mol. The summed E-state index contributed by atoms with van der Waals surface area (Å²) < 4.78 is 2.30. The summed E-state index contributed by atoms with van der Waals surface area (Å²) in [5, 5.41) is 2.06. The predicted octanol–water partition coefficient (Wildman–Crippen LogP) is 2.57. The Morgan fingerprint density at radius 3 is 3.07 bits per heavy atom. The Morgan fingerprint density at radius 2 is 2.20 bits per heavy atom. The molecule has 2 aromatic rings. The highest BCUT2D eigenvalue weighted by atomic mass is 35.5. The Kier molecular flexibility index (Phi) is 2.01. The zero-order valence-corrected chi connectivity index (χ0v) is 9.17. The first-order valence-electron chi connectivity index (χ1n) is 5.27. The van der Waals surface area contributed by atoms with Crippen LogP contribution in [0.25, 0.3) is 10.9 Å².